The van der Waals surface area contributed by atoms with Gasteiger partial charge in [0.25, 0.3) is 0 Å². The molecular formula is C15H14BrClO2. The Bertz CT molecular complexity index is 558. The SMILES string of the molecule is COc1cccc(COc2ccc(CBr)cc2Cl)c1. The van der Waals surface area contributed by atoms with E-state index in [-0.39, 0.29) is 0 Å². The van der Waals surface area contributed by atoms with E-state index in [1.165, 1.54) is 0 Å². The van der Waals surface area contributed by atoms with Crippen LogP contribution in [0.3, 0.4) is 0 Å². The van der Waals surface area contributed by atoms with Crippen LogP contribution in [0.15, 0.2) is 42.5 Å². The van der Waals surface area contributed by atoms with Crippen LogP contribution in [-0.2, 0) is 11.9 Å². The fraction of sp³-hybridized carbons (Fsp3) is 0.200. The van der Waals surface area contributed by atoms with Crippen molar-refractivity contribution in [3.05, 3.63) is 58.6 Å². The zero-order valence-corrected chi connectivity index (χ0v) is 12.9. The summed E-state index contributed by atoms with van der Waals surface area (Å²) in [6, 6.07) is 13.6. The normalized spacial score (nSPS) is 10.3. The minimum atomic E-state index is 0.463. The van der Waals surface area contributed by atoms with Crippen LogP contribution in [0.2, 0.25) is 5.02 Å². The van der Waals surface area contributed by atoms with Crippen LogP contribution in [0.25, 0.3) is 0 Å². The fourth-order valence-corrected chi connectivity index (χ4v) is 2.27. The molecule has 0 saturated carbocycles. The van der Waals surface area contributed by atoms with E-state index in [4.69, 9.17) is 21.1 Å². The summed E-state index contributed by atoms with van der Waals surface area (Å²) in [6.07, 6.45) is 0. The summed E-state index contributed by atoms with van der Waals surface area (Å²) in [4.78, 5) is 0. The second kappa shape index (κ2) is 6.83. The van der Waals surface area contributed by atoms with Crippen molar-refractivity contribution in [2.75, 3.05) is 7.11 Å². The molecule has 0 saturated heterocycles. The van der Waals surface area contributed by atoms with E-state index < -0.39 is 0 Å². The first-order chi connectivity index (χ1) is 9.22. The standard InChI is InChI=1S/C15H14BrClO2/c1-18-13-4-2-3-12(7-13)10-19-15-6-5-11(9-16)8-14(15)17/h2-8H,9-10H2,1H3. The monoisotopic (exact) mass is 340 g/mol. The molecule has 0 aliphatic rings. The molecule has 0 aliphatic carbocycles. The van der Waals surface area contributed by atoms with Crippen LogP contribution < -0.4 is 9.47 Å². The minimum absolute atomic E-state index is 0.463. The van der Waals surface area contributed by atoms with Crippen LogP contribution in [0.1, 0.15) is 11.1 Å². The van der Waals surface area contributed by atoms with Crippen molar-refractivity contribution >= 4 is 27.5 Å². The molecule has 0 atom stereocenters. The third-order valence-corrected chi connectivity index (χ3v) is 3.62. The highest BCUT2D eigenvalue weighted by Crippen LogP contribution is 2.27. The van der Waals surface area contributed by atoms with Gasteiger partial charge in [-0.05, 0) is 35.4 Å². The van der Waals surface area contributed by atoms with Gasteiger partial charge in [0.05, 0.1) is 12.1 Å². The van der Waals surface area contributed by atoms with Crippen molar-refractivity contribution in [2.45, 2.75) is 11.9 Å². The molecule has 0 unspecified atom stereocenters. The van der Waals surface area contributed by atoms with E-state index in [9.17, 15) is 0 Å². The quantitative estimate of drug-likeness (QED) is 0.726. The number of alkyl halides is 1. The smallest absolute Gasteiger partial charge is 0.138 e. The summed E-state index contributed by atoms with van der Waals surface area (Å²) in [5.74, 6) is 1.51. The van der Waals surface area contributed by atoms with Crippen LogP contribution in [0.5, 0.6) is 11.5 Å². The Morgan fingerprint density at radius 2 is 1.95 bits per heavy atom. The third-order valence-electron chi connectivity index (χ3n) is 2.68. The molecule has 0 fully saturated rings. The Hall–Kier alpha value is -1.19. The first-order valence-corrected chi connectivity index (χ1v) is 7.33. The highest BCUT2D eigenvalue weighted by atomic mass is 79.9. The Morgan fingerprint density at radius 1 is 1.11 bits per heavy atom. The lowest BCUT2D eigenvalue weighted by atomic mass is 10.2. The Morgan fingerprint density at radius 3 is 2.63 bits per heavy atom. The average molecular weight is 342 g/mol. The van der Waals surface area contributed by atoms with E-state index in [0.29, 0.717) is 17.4 Å². The number of hydrogen-bond donors (Lipinski definition) is 0. The van der Waals surface area contributed by atoms with E-state index in [1.54, 1.807) is 7.11 Å². The van der Waals surface area contributed by atoms with E-state index in [1.807, 2.05) is 42.5 Å². The van der Waals surface area contributed by atoms with Crippen molar-refractivity contribution in [1.82, 2.24) is 0 Å². The summed E-state index contributed by atoms with van der Waals surface area (Å²) in [5, 5.41) is 1.41. The molecule has 2 nitrogen and oxygen atoms in total. The fourth-order valence-electron chi connectivity index (χ4n) is 1.67. The van der Waals surface area contributed by atoms with Gasteiger partial charge < -0.3 is 9.47 Å². The molecule has 0 bridgehead atoms. The second-order valence-corrected chi connectivity index (χ2v) is 5.01. The summed E-state index contributed by atoms with van der Waals surface area (Å²) >= 11 is 9.56. The van der Waals surface area contributed by atoms with Crippen LogP contribution in [0.4, 0.5) is 0 Å². The van der Waals surface area contributed by atoms with Gasteiger partial charge in [-0.15, -0.1) is 0 Å². The number of methoxy groups -OCH3 is 1. The van der Waals surface area contributed by atoms with Gasteiger partial charge in [0.1, 0.15) is 18.1 Å². The third kappa shape index (κ3) is 3.88. The molecule has 0 heterocycles. The van der Waals surface area contributed by atoms with Gasteiger partial charge in [-0.1, -0.05) is 45.7 Å². The predicted molar refractivity (Wildman–Crippen MR) is 81.4 cm³/mol. The van der Waals surface area contributed by atoms with Gasteiger partial charge in [0.15, 0.2) is 0 Å². The lowest BCUT2D eigenvalue weighted by molar-refractivity contribution is 0.305. The predicted octanol–water partition coefficient (Wildman–Crippen LogP) is 4.82. The highest BCUT2D eigenvalue weighted by molar-refractivity contribution is 9.08. The zero-order valence-electron chi connectivity index (χ0n) is 10.5. The molecule has 19 heavy (non-hydrogen) atoms. The van der Waals surface area contributed by atoms with Gasteiger partial charge in [-0.25, -0.2) is 0 Å². The maximum Gasteiger partial charge on any atom is 0.138 e. The number of hydrogen-bond acceptors (Lipinski definition) is 2. The molecule has 0 spiro atoms. The van der Waals surface area contributed by atoms with E-state index in [0.717, 1.165) is 22.2 Å². The maximum absolute atomic E-state index is 6.16. The average Bonchev–Trinajstić information content (AvgIpc) is 2.46. The number of benzene rings is 2. The van der Waals surface area contributed by atoms with Gasteiger partial charge in [0.2, 0.25) is 0 Å². The van der Waals surface area contributed by atoms with Crippen molar-refractivity contribution in [3.63, 3.8) is 0 Å². The van der Waals surface area contributed by atoms with Crippen LogP contribution >= 0.6 is 27.5 Å². The van der Waals surface area contributed by atoms with Gasteiger partial charge in [-0.3, -0.25) is 0 Å². The maximum atomic E-state index is 6.16. The highest BCUT2D eigenvalue weighted by Gasteiger charge is 2.04. The minimum Gasteiger partial charge on any atom is -0.497 e. The van der Waals surface area contributed by atoms with Gasteiger partial charge >= 0.3 is 0 Å². The molecule has 0 radical (unpaired) electrons. The number of halogens is 2. The summed E-state index contributed by atoms with van der Waals surface area (Å²) in [6.45, 7) is 0.463. The molecule has 2 rings (SSSR count). The second-order valence-electron chi connectivity index (χ2n) is 4.04. The van der Waals surface area contributed by atoms with E-state index in [2.05, 4.69) is 15.9 Å². The molecule has 0 aromatic heterocycles. The summed E-state index contributed by atoms with van der Waals surface area (Å²) < 4.78 is 10.9. The molecule has 2 aromatic carbocycles. The number of rotatable bonds is 5. The van der Waals surface area contributed by atoms with E-state index >= 15 is 0 Å². The van der Waals surface area contributed by atoms with Crippen molar-refractivity contribution in [2.24, 2.45) is 0 Å². The van der Waals surface area contributed by atoms with Crippen molar-refractivity contribution in [3.8, 4) is 11.5 Å². The molecule has 100 valence electrons. The lowest BCUT2D eigenvalue weighted by Crippen LogP contribution is -1.97. The van der Waals surface area contributed by atoms with Crippen molar-refractivity contribution in [1.29, 1.82) is 0 Å². The largest absolute Gasteiger partial charge is 0.497 e. The molecule has 2 aromatic rings. The molecule has 0 amide bonds. The molecular weight excluding hydrogens is 328 g/mol. The Labute approximate surface area is 126 Å². The first-order valence-electron chi connectivity index (χ1n) is 5.83. The van der Waals surface area contributed by atoms with Crippen LogP contribution in [-0.4, -0.2) is 7.11 Å². The number of ether oxygens (including phenoxy) is 2. The van der Waals surface area contributed by atoms with Gasteiger partial charge in [-0.2, -0.15) is 0 Å². The topological polar surface area (TPSA) is 18.5 Å². The van der Waals surface area contributed by atoms with Crippen LogP contribution in [0, 0.1) is 0 Å². The Balaban J connectivity index is 2.05. The molecule has 0 N–H and O–H groups in total. The van der Waals surface area contributed by atoms with Crippen molar-refractivity contribution < 1.29 is 9.47 Å². The lowest BCUT2D eigenvalue weighted by Gasteiger charge is -2.10. The summed E-state index contributed by atoms with van der Waals surface area (Å²) in [5.41, 5.74) is 2.17. The first kappa shape index (κ1) is 14.2. The molecule has 0 aliphatic heterocycles. The summed E-state index contributed by atoms with van der Waals surface area (Å²) in [7, 11) is 1.65. The molecule has 4 heteroatoms. The van der Waals surface area contributed by atoms with Gasteiger partial charge in [0, 0.05) is 5.33 Å². The zero-order chi connectivity index (χ0) is 13.7. The Kier molecular flexibility index (Phi) is 5.11.